The van der Waals surface area contributed by atoms with E-state index in [1.807, 2.05) is 31.2 Å². The fraction of sp³-hybridized carbons (Fsp3) is 0.240. The molecule has 0 radical (unpaired) electrons. The van der Waals surface area contributed by atoms with Gasteiger partial charge in [-0.1, -0.05) is 70.0 Å². The highest BCUT2D eigenvalue weighted by molar-refractivity contribution is 9.10. The summed E-state index contributed by atoms with van der Waals surface area (Å²) in [4.78, 5) is 5.02. The number of hydrogen-bond donors (Lipinski definition) is 2. The lowest BCUT2D eigenvalue weighted by Crippen LogP contribution is -2.33. The third kappa shape index (κ3) is 4.42. The summed E-state index contributed by atoms with van der Waals surface area (Å²) < 4.78 is 6.64. The summed E-state index contributed by atoms with van der Waals surface area (Å²) in [5.41, 5.74) is 5.24. The number of para-hydroxylation sites is 1. The van der Waals surface area contributed by atoms with Crippen LogP contribution >= 0.6 is 15.9 Å². The van der Waals surface area contributed by atoms with E-state index in [1.165, 1.54) is 5.56 Å². The number of phenols is 1. The smallest absolute Gasteiger partial charge is 0.162 e. The summed E-state index contributed by atoms with van der Waals surface area (Å²) in [7, 11) is 0. The molecule has 154 valence electrons. The van der Waals surface area contributed by atoms with E-state index in [1.54, 1.807) is 6.07 Å². The van der Waals surface area contributed by atoms with Crippen LogP contribution in [0.2, 0.25) is 0 Å². The first-order valence-corrected chi connectivity index (χ1v) is 10.9. The van der Waals surface area contributed by atoms with Gasteiger partial charge in [0.05, 0.1) is 6.61 Å². The molecular weight excluding hydrogens is 440 g/mol. The molecule has 0 fully saturated rings. The van der Waals surface area contributed by atoms with Crippen LogP contribution in [-0.4, -0.2) is 17.4 Å². The number of aliphatic imine (C=N–C) groups is 1. The molecule has 0 spiro atoms. The molecule has 5 heteroatoms. The number of benzene rings is 3. The first-order chi connectivity index (χ1) is 14.5. The number of phenolic OH excluding ortho intramolecular Hbond substituents is 1. The highest BCUT2D eigenvalue weighted by Crippen LogP contribution is 2.39. The third-order valence-electron chi connectivity index (χ3n) is 5.32. The van der Waals surface area contributed by atoms with Crippen molar-refractivity contribution in [1.82, 2.24) is 5.32 Å². The molecule has 1 aliphatic rings. The summed E-state index contributed by atoms with van der Waals surface area (Å²) in [6.07, 6.45) is 0.475. The van der Waals surface area contributed by atoms with Crippen molar-refractivity contribution in [3.8, 4) is 11.5 Å². The normalized spacial score (nSPS) is 18.7. The van der Waals surface area contributed by atoms with Gasteiger partial charge in [-0.25, -0.2) is 0 Å². The van der Waals surface area contributed by atoms with Crippen molar-refractivity contribution in [2.24, 2.45) is 4.99 Å². The van der Waals surface area contributed by atoms with E-state index in [0.29, 0.717) is 18.8 Å². The number of nitrogens with zero attached hydrogens (tertiary/aromatic N) is 1. The number of hydrogen-bond acceptors (Lipinski definition) is 4. The van der Waals surface area contributed by atoms with Crippen LogP contribution in [0.4, 0.5) is 0 Å². The second-order valence-corrected chi connectivity index (χ2v) is 8.36. The molecule has 0 aliphatic carbocycles. The van der Waals surface area contributed by atoms with E-state index in [2.05, 4.69) is 64.6 Å². The molecule has 2 atom stereocenters. The fourth-order valence-electron chi connectivity index (χ4n) is 3.74. The molecule has 4 nitrogen and oxygen atoms in total. The van der Waals surface area contributed by atoms with E-state index < -0.39 is 0 Å². The van der Waals surface area contributed by atoms with Crippen LogP contribution in [0.1, 0.15) is 47.8 Å². The molecule has 0 saturated heterocycles. The maximum absolute atomic E-state index is 10.8. The summed E-state index contributed by atoms with van der Waals surface area (Å²) >= 11 is 3.50. The zero-order valence-electron chi connectivity index (χ0n) is 17.1. The van der Waals surface area contributed by atoms with E-state index in [4.69, 9.17) is 9.73 Å². The van der Waals surface area contributed by atoms with E-state index in [0.717, 1.165) is 26.9 Å². The van der Waals surface area contributed by atoms with Crippen LogP contribution in [-0.2, 0) is 0 Å². The molecule has 1 heterocycles. The number of aromatic hydroxyl groups is 1. The average Bonchev–Trinajstić information content (AvgIpc) is 2.76. The molecule has 0 aromatic heterocycles. The van der Waals surface area contributed by atoms with Crippen LogP contribution in [0, 0.1) is 6.92 Å². The number of aryl methyl sites for hydroxylation is 1. The van der Waals surface area contributed by atoms with Gasteiger partial charge >= 0.3 is 0 Å². The fourth-order valence-corrected chi connectivity index (χ4v) is 4.00. The molecule has 30 heavy (non-hydrogen) atoms. The maximum atomic E-state index is 10.8. The van der Waals surface area contributed by atoms with Crippen molar-refractivity contribution in [3.05, 3.63) is 93.5 Å². The molecule has 0 bridgehead atoms. The van der Waals surface area contributed by atoms with Crippen molar-refractivity contribution >= 4 is 21.6 Å². The van der Waals surface area contributed by atoms with Crippen molar-refractivity contribution in [2.45, 2.75) is 32.5 Å². The second-order valence-electron chi connectivity index (χ2n) is 7.45. The van der Waals surface area contributed by atoms with Crippen molar-refractivity contribution in [2.75, 3.05) is 6.61 Å². The van der Waals surface area contributed by atoms with Crippen LogP contribution in [0.15, 0.2) is 76.2 Å². The van der Waals surface area contributed by atoms with Gasteiger partial charge in [0.1, 0.15) is 6.17 Å². The summed E-state index contributed by atoms with van der Waals surface area (Å²) in [5.74, 6) is 0.702. The van der Waals surface area contributed by atoms with Crippen LogP contribution in [0.25, 0.3) is 0 Å². The van der Waals surface area contributed by atoms with Gasteiger partial charge in [-0.3, -0.25) is 10.3 Å². The molecule has 3 aromatic rings. The summed E-state index contributed by atoms with van der Waals surface area (Å²) in [6, 6.07) is 22.2. The number of ether oxygens (including phenoxy) is 1. The average molecular weight is 465 g/mol. The van der Waals surface area contributed by atoms with Gasteiger partial charge in [-0.05, 0) is 43.2 Å². The quantitative estimate of drug-likeness (QED) is 0.480. The molecule has 2 N–H and O–H groups in total. The molecule has 2 unspecified atom stereocenters. The van der Waals surface area contributed by atoms with Gasteiger partial charge in [0.25, 0.3) is 0 Å². The SMILES string of the molecule is CCOc1cccc(C2CC(c3ccc(C)cc3)=NC(c3ccc(Br)cc3)N2)c1O. The van der Waals surface area contributed by atoms with Gasteiger partial charge in [0.15, 0.2) is 11.5 Å². The largest absolute Gasteiger partial charge is 0.504 e. The Labute approximate surface area is 185 Å². The predicted octanol–water partition coefficient (Wildman–Crippen LogP) is 6.08. The lowest BCUT2D eigenvalue weighted by Gasteiger charge is -2.31. The molecule has 0 amide bonds. The highest BCUT2D eigenvalue weighted by atomic mass is 79.9. The van der Waals surface area contributed by atoms with Gasteiger partial charge in [0, 0.05) is 28.2 Å². The van der Waals surface area contributed by atoms with Gasteiger partial charge < -0.3 is 9.84 Å². The van der Waals surface area contributed by atoms with Gasteiger partial charge in [0.2, 0.25) is 0 Å². The zero-order chi connectivity index (χ0) is 21.1. The Morgan fingerprint density at radius 3 is 2.50 bits per heavy atom. The van der Waals surface area contributed by atoms with Crippen LogP contribution < -0.4 is 10.1 Å². The van der Waals surface area contributed by atoms with Gasteiger partial charge in [-0.2, -0.15) is 0 Å². The Bertz CT molecular complexity index is 1050. The molecule has 1 aliphatic heterocycles. The minimum atomic E-state index is -0.205. The maximum Gasteiger partial charge on any atom is 0.162 e. The predicted molar refractivity (Wildman–Crippen MR) is 124 cm³/mol. The molecular formula is C25H25BrN2O2. The Morgan fingerprint density at radius 2 is 1.80 bits per heavy atom. The first kappa shape index (κ1) is 20.6. The van der Waals surface area contributed by atoms with Crippen molar-refractivity contribution in [3.63, 3.8) is 0 Å². The number of halogens is 1. The standard InChI is InChI=1S/C25H25BrN2O2/c1-3-30-23-6-4-5-20(24(23)29)22-15-21(17-9-7-16(2)8-10-17)27-25(28-22)18-11-13-19(26)14-12-18/h4-14,22,25,28-29H,3,15H2,1-2H3. The highest BCUT2D eigenvalue weighted by Gasteiger charge is 2.28. The second kappa shape index (κ2) is 9.02. The minimum Gasteiger partial charge on any atom is -0.504 e. The number of rotatable bonds is 5. The first-order valence-electron chi connectivity index (χ1n) is 10.1. The Kier molecular flexibility index (Phi) is 6.21. The third-order valence-corrected chi connectivity index (χ3v) is 5.85. The molecule has 4 rings (SSSR count). The zero-order valence-corrected chi connectivity index (χ0v) is 18.7. The summed E-state index contributed by atoms with van der Waals surface area (Å²) in [6.45, 7) is 4.50. The Balaban J connectivity index is 1.74. The minimum absolute atomic E-state index is 0.0899. The van der Waals surface area contributed by atoms with Crippen LogP contribution in [0.5, 0.6) is 11.5 Å². The Morgan fingerprint density at radius 1 is 1.07 bits per heavy atom. The lowest BCUT2D eigenvalue weighted by molar-refractivity contribution is 0.313. The molecule has 3 aromatic carbocycles. The monoisotopic (exact) mass is 464 g/mol. The van der Waals surface area contributed by atoms with E-state index in [-0.39, 0.29) is 18.0 Å². The molecule has 0 saturated carbocycles. The number of nitrogens with one attached hydrogen (secondary N) is 1. The van der Waals surface area contributed by atoms with Crippen molar-refractivity contribution < 1.29 is 9.84 Å². The van der Waals surface area contributed by atoms with E-state index >= 15 is 0 Å². The van der Waals surface area contributed by atoms with E-state index in [9.17, 15) is 5.11 Å². The van der Waals surface area contributed by atoms with Crippen LogP contribution in [0.3, 0.4) is 0 Å². The summed E-state index contributed by atoms with van der Waals surface area (Å²) in [5, 5.41) is 14.5. The van der Waals surface area contributed by atoms with Gasteiger partial charge in [-0.15, -0.1) is 0 Å². The topological polar surface area (TPSA) is 53.8 Å². The lowest BCUT2D eigenvalue weighted by atomic mass is 9.93. The van der Waals surface area contributed by atoms with Crippen molar-refractivity contribution in [1.29, 1.82) is 0 Å². The Hall–Kier alpha value is -2.63.